The molecule has 2 aromatic rings. The summed E-state index contributed by atoms with van der Waals surface area (Å²) in [5, 5.41) is 3.91. The van der Waals surface area contributed by atoms with Crippen LogP contribution < -0.4 is 5.32 Å². The Kier molecular flexibility index (Phi) is 3.51. The summed E-state index contributed by atoms with van der Waals surface area (Å²) in [5.41, 5.74) is 0.911. The van der Waals surface area contributed by atoms with Crippen molar-refractivity contribution in [2.24, 2.45) is 0 Å². The van der Waals surface area contributed by atoms with Crippen LogP contribution in [0, 0.1) is 0 Å². The maximum atomic E-state index is 6.01. The normalized spacial score (nSPS) is 10.4. The lowest BCUT2D eigenvalue weighted by Gasteiger charge is -2.10. The maximum absolute atomic E-state index is 6.01. The van der Waals surface area contributed by atoms with E-state index in [1.165, 1.54) is 0 Å². The van der Waals surface area contributed by atoms with Crippen LogP contribution in [0.5, 0.6) is 0 Å². The molecule has 0 amide bonds. The Morgan fingerprint density at radius 3 is 3.06 bits per heavy atom. The number of aromatic nitrogens is 2. The summed E-state index contributed by atoms with van der Waals surface area (Å²) in [7, 11) is 0. The van der Waals surface area contributed by atoms with E-state index in [4.69, 9.17) is 11.6 Å². The first-order valence-corrected chi connectivity index (χ1v) is 6.11. The Bertz CT molecular complexity index is 496. The van der Waals surface area contributed by atoms with E-state index in [1.807, 2.05) is 29.0 Å². The van der Waals surface area contributed by atoms with Crippen LogP contribution in [-0.2, 0) is 6.54 Å². The average Bonchev–Trinajstić information content (AvgIpc) is 2.72. The van der Waals surface area contributed by atoms with Gasteiger partial charge in [-0.05, 0) is 35.0 Å². The number of anilines is 2. The third-order valence-corrected chi connectivity index (χ3v) is 3.65. The summed E-state index contributed by atoms with van der Waals surface area (Å²) in [4.78, 5) is 4.24. The van der Waals surface area contributed by atoms with Gasteiger partial charge in [0.15, 0.2) is 0 Å². The molecule has 0 saturated heterocycles. The molecule has 5 heteroatoms. The molecule has 84 valence electrons. The van der Waals surface area contributed by atoms with E-state index in [9.17, 15) is 0 Å². The third kappa shape index (κ3) is 2.23. The van der Waals surface area contributed by atoms with Gasteiger partial charge < -0.3 is 9.88 Å². The zero-order valence-electron chi connectivity index (χ0n) is 8.74. The number of halogens is 2. The summed E-state index contributed by atoms with van der Waals surface area (Å²) in [6.07, 6.45) is 3.70. The summed E-state index contributed by atoms with van der Waals surface area (Å²) in [6, 6.07) is 5.68. The minimum Gasteiger partial charge on any atom is -0.325 e. The topological polar surface area (TPSA) is 29.9 Å². The average molecular weight is 301 g/mol. The molecule has 0 bridgehead atoms. The predicted octanol–water partition coefficient (Wildman–Crippen LogP) is 4.06. The number of hydrogen-bond acceptors (Lipinski definition) is 2. The van der Waals surface area contributed by atoms with Gasteiger partial charge in [0.2, 0.25) is 5.95 Å². The minimum absolute atomic E-state index is 0.680. The highest BCUT2D eigenvalue weighted by Gasteiger charge is 2.06. The van der Waals surface area contributed by atoms with Gasteiger partial charge in [-0.2, -0.15) is 0 Å². The van der Waals surface area contributed by atoms with Crippen LogP contribution in [0.4, 0.5) is 11.6 Å². The van der Waals surface area contributed by atoms with E-state index in [0.29, 0.717) is 5.02 Å². The lowest BCUT2D eigenvalue weighted by atomic mass is 10.3. The molecule has 1 aromatic heterocycles. The van der Waals surface area contributed by atoms with Gasteiger partial charge in [0, 0.05) is 18.9 Å². The maximum Gasteiger partial charge on any atom is 0.207 e. The molecule has 0 saturated carbocycles. The lowest BCUT2D eigenvalue weighted by Crippen LogP contribution is -2.01. The molecule has 0 unspecified atom stereocenters. The minimum atomic E-state index is 0.680. The van der Waals surface area contributed by atoms with Crippen molar-refractivity contribution in [1.29, 1.82) is 0 Å². The standard InChI is InChI=1S/C11H11BrClN3/c1-2-16-7-6-14-11(16)15-9-5-3-4-8(13)10(9)12/h3-7H,2H2,1H3,(H,14,15). The number of rotatable bonds is 3. The van der Waals surface area contributed by atoms with Crippen LogP contribution in [0.25, 0.3) is 0 Å². The van der Waals surface area contributed by atoms with E-state index in [2.05, 4.69) is 33.2 Å². The molecular weight excluding hydrogens is 289 g/mol. The summed E-state index contributed by atoms with van der Waals surface area (Å²) in [6.45, 7) is 2.94. The molecule has 0 aliphatic carbocycles. The molecule has 0 fully saturated rings. The van der Waals surface area contributed by atoms with Crippen molar-refractivity contribution in [1.82, 2.24) is 9.55 Å². The zero-order valence-corrected chi connectivity index (χ0v) is 11.1. The van der Waals surface area contributed by atoms with E-state index < -0.39 is 0 Å². The Labute approximate surface area is 108 Å². The fourth-order valence-corrected chi connectivity index (χ4v) is 1.95. The molecule has 3 nitrogen and oxygen atoms in total. The summed E-state index contributed by atoms with van der Waals surface area (Å²) >= 11 is 9.45. The highest BCUT2D eigenvalue weighted by atomic mass is 79.9. The second kappa shape index (κ2) is 4.89. The fourth-order valence-electron chi connectivity index (χ4n) is 1.41. The Morgan fingerprint density at radius 2 is 2.31 bits per heavy atom. The van der Waals surface area contributed by atoms with Crippen LogP contribution in [0.3, 0.4) is 0 Å². The fraction of sp³-hybridized carbons (Fsp3) is 0.182. The van der Waals surface area contributed by atoms with Gasteiger partial charge in [-0.1, -0.05) is 17.7 Å². The Balaban J connectivity index is 2.30. The van der Waals surface area contributed by atoms with Crippen LogP contribution in [-0.4, -0.2) is 9.55 Å². The molecule has 1 N–H and O–H groups in total. The smallest absolute Gasteiger partial charge is 0.207 e. The molecule has 16 heavy (non-hydrogen) atoms. The van der Waals surface area contributed by atoms with Crippen molar-refractivity contribution in [2.75, 3.05) is 5.32 Å². The first-order valence-electron chi connectivity index (χ1n) is 4.94. The Hall–Kier alpha value is -1.000. The van der Waals surface area contributed by atoms with E-state index in [-0.39, 0.29) is 0 Å². The SMILES string of the molecule is CCn1ccnc1Nc1cccc(Cl)c1Br. The summed E-state index contributed by atoms with van der Waals surface area (Å²) < 4.78 is 2.87. The third-order valence-electron chi connectivity index (χ3n) is 2.25. The van der Waals surface area contributed by atoms with E-state index >= 15 is 0 Å². The van der Waals surface area contributed by atoms with E-state index in [1.54, 1.807) is 6.20 Å². The van der Waals surface area contributed by atoms with Gasteiger partial charge in [-0.25, -0.2) is 4.98 Å². The first-order chi connectivity index (χ1) is 7.72. The lowest BCUT2D eigenvalue weighted by molar-refractivity contribution is 0.772. The van der Waals surface area contributed by atoms with Gasteiger partial charge in [0.25, 0.3) is 0 Å². The molecule has 0 spiro atoms. The van der Waals surface area contributed by atoms with Crippen molar-refractivity contribution < 1.29 is 0 Å². The predicted molar refractivity (Wildman–Crippen MR) is 70.3 cm³/mol. The highest BCUT2D eigenvalue weighted by molar-refractivity contribution is 9.10. The highest BCUT2D eigenvalue weighted by Crippen LogP contribution is 2.31. The monoisotopic (exact) mass is 299 g/mol. The van der Waals surface area contributed by atoms with Crippen molar-refractivity contribution in [3.05, 3.63) is 40.1 Å². The molecule has 0 radical (unpaired) electrons. The molecule has 0 atom stereocenters. The molecule has 1 aromatic carbocycles. The molecule has 1 heterocycles. The zero-order chi connectivity index (χ0) is 11.5. The quantitative estimate of drug-likeness (QED) is 0.926. The second-order valence-corrected chi connectivity index (χ2v) is 4.46. The van der Waals surface area contributed by atoms with Gasteiger partial charge in [-0.15, -0.1) is 0 Å². The number of aryl methyl sites for hydroxylation is 1. The molecule has 0 aliphatic heterocycles. The van der Waals surface area contributed by atoms with Crippen LogP contribution in [0.15, 0.2) is 35.1 Å². The van der Waals surface area contributed by atoms with Crippen LogP contribution in [0.2, 0.25) is 5.02 Å². The number of nitrogens with zero attached hydrogens (tertiary/aromatic N) is 2. The van der Waals surface area contributed by atoms with Gasteiger partial charge in [0.1, 0.15) is 0 Å². The van der Waals surface area contributed by atoms with Gasteiger partial charge in [0.05, 0.1) is 15.2 Å². The first kappa shape index (κ1) is 11.5. The molecule has 2 rings (SSSR count). The van der Waals surface area contributed by atoms with Crippen molar-refractivity contribution >= 4 is 39.2 Å². The van der Waals surface area contributed by atoms with Crippen molar-refractivity contribution in [2.45, 2.75) is 13.5 Å². The van der Waals surface area contributed by atoms with Crippen molar-refractivity contribution in [3.8, 4) is 0 Å². The molecular formula is C11H11BrClN3. The van der Waals surface area contributed by atoms with Crippen molar-refractivity contribution in [3.63, 3.8) is 0 Å². The van der Waals surface area contributed by atoms with Gasteiger partial charge in [-0.3, -0.25) is 0 Å². The number of benzene rings is 1. The van der Waals surface area contributed by atoms with Crippen LogP contribution in [0.1, 0.15) is 6.92 Å². The number of imidazole rings is 1. The van der Waals surface area contributed by atoms with Crippen LogP contribution >= 0.6 is 27.5 Å². The molecule has 0 aliphatic rings. The van der Waals surface area contributed by atoms with E-state index in [0.717, 1.165) is 22.7 Å². The largest absolute Gasteiger partial charge is 0.325 e. The number of nitrogens with one attached hydrogen (secondary N) is 1. The van der Waals surface area contributed by atoms with Gasteiger partial charge >= 0.3 is 0 Å². The second-order valence-electron chi connectivity index (χ2n) is 3.26. The Morgan fingerprint density at radius 1 is 1.50 bits per heavy atom. The summed E-state index contributed by atoms with van der Waals surface area (Å²) in [5.74, 6) is 0.811. The number of hydrogen-bond donors (Lipinski definition) is 1.